The van der Waals surface area contributed by atoms with Gasteiger partial charge in [-0.05, 0) is 6.08 Å². The van der Waals surface area contributed by atoms with E-state index in [1.807, 2.05) is 0 Å². The molecule has 1 saturated heterocycles. The van der Waals surface area contributed by atoms with Gasteiger partial charge in [-0.2, -0.15) is 0 Å². The lowest BCUT2D eigenvalue weighted by Crippen LogP contribution is -2.38. The Kier molecular flexibility index (Phi) is 4.02. The zero-order valence-corrected chi connectivity index (χ0v) is 12.0. The van der Waals surface area contributed by atoms with Crippen LogP contribution in [-0.2, 0) is 19.1 Å². The minimum atomic E-state index is -1.07. The number of carbonyl (C=O) groups is 2. The fourth-order valence-corrected chi connectivity index (χ4v) is 3.03. The SMILES string of the molecule is COC(=O)[C@@H]1C(=O)NC[C@H]1C1(C)C=C(F)C(OC)=C(F)C1. The Labute approximate surface area is 121 Å². The largest absolute Gasteiger partial charge is 0.491 e. The molecule has 7 heteroatoms. The lowest BCUT2D eigenvalue weighted by Gasteiger charge is -2.36. The van der Waals surface area contributed by atoms with Crippen LogP contribution in [0.25, 0.3) is 0 Å². The standard InChI is InChI=1S/C14H17F2NO4/c1-14(4-8(15)11(20-2)9(16)5-14)7-6-17-12(18)10(7)13(19)21-3/h4,7,10H,5-6H2,1-3H3,(H,17,18)/t7-,10+,14?/m1/s1. The van der Waals surface area contributed by atoms with Crippen molar-refractivity contribution in [3.05, 3.63) is 23.5 Å². The van der Waals surface area contributed by atoms with Crippen molar-refractivity contribution >= 4 is 11.9 Å². The number of halogens is 2. The van der Waals surface area contributed by atoms with Gasteiger partial charge in [-0.25, -0.2) is 8.78 Å². The topological polar surface area (TPSA) is 64.6 Å². The first kappa shape index (κ1) is 15.5. The molecule has 1 unspecified atom stereocenters. The van der Waals surface area contributed by atoms with Crippen molar-refractivity contribution in [3.8, 4) is 0 Å². The normalized spacial score (nSPS) is 32.6. The average molecular weight is 301 g/mol. The number of nitrogens with one attached hydrogen (secondary N) is 1. The Hall–Kier alpha value is -1.92. The second-order valence-electron chi connectivity index (χ2n) is 5.47. The van der Waals surface area contributed by atoms with Gasteiger partial charge >= 0.3 is 5.97 Å². The van der Waals surface area contributed by atoms with Crippen LogP contribution < -0.4 is 5.32 Å². The minimum absolute atomic E-state index is 0.142. The molecule has 0 saturated carbocycles. The number of carbonyl (C=O) groups excluding carboxylic acids is 2. The molecule has 5 nitrogen and oxygen atoms in total. The molecule has 1 aliphatic carbocycles. The third kappa shape index (κ3) is 2.52. The van der Waals surface area contributed by atoms with Crippen molar-refractivity contribution in [2.75, 3.05) is 20.8 Å². The number of hydrogen-bond acceptors (Lipinski definition) is 4. The van der Waals surface area contributed by atoms with Gasteiger partial charge < -0.3 is 14.8 Å². The summed E-state index contributed by atoms with van der Waals surface area (Å²) in [6.45, 7) is 1.77. The molecule has 0 spiro atoms. The zero-order valence-electron chi connectivity index (χ0n) is 12.0. The van der Waals surface area contributed by atoms with E-state index in [-0.39, 0.29) is 13.0 Å². The van der Waals surface area contributed by atoms with Crippen LogP contribution in [0.5, 0.6) is 0 Å². The second kappa shape index (κ2) is 5.46. The number of allylic oxidation sites excluding steroid dienone is 3. The maximum absolute atomic E-state index is 14.0. The van der Waals surface area contributed by atoms with Crippen molar-refractivity contribution in [2.24, 2.45) is 17.3 Å². The second-order valence-corrected chi connectivity index (χ2v) is 5.47. The van der Waals surface area contributed by atoms with Crippen LogP contribution in [0.4, 0.5) is 8.78 Å². The van der Waals surface area contributed by atoms with Crippen molar-refractivity contribution in [2.45, 2.75) is 13.3 Å². The predicted octanol–water partition coefficient (Wildman–Crippen LogP) is 1.61. The smallest absolute Gasteiger partial charge is 0.318 e. The summed E-state index contributed by atoms with van der Waals surface area (Å²) in [6, 6.07) is 0. The van der Waals surface area contributed by atoms with E-state index in [0.29, 0.717) is 0 Å². The monoisotopic (exact) mass is 301 g/mol. The molecule has 1 aliphatic heterocycles. The summed E-state index contributed by atoms with van der Waals surface area (Å²) >= 11 is 0. The van der Waals surface area contributed by atoms with Gasteiger partial charge in [0.1, 0.15) is 11.7 Å². The number of amides is 1. The first-order valence-corrected chi connectivity index (χ1v) is 6.51. The molecule has 0 radical (unpaired) electrons. The third-order valence-corrected chi connectivity index (χ3v) is 4.14. The highest BCUT2D eigenvalue weighted by atomic mass is 19.1. The van der Waals surface area contributed by atoms with Crippen LogP contribution in [0.1, 0.15) is 13.3 Å². The van der Waals surface area contributed by atoms with Crippen LogP contribution in [-0.4, -0.2) is 32.6 Å². The number of rotatable bonds is 3. The average Bonchev–Trinajstić information content (AvgIpc) is 2.80. The Morgan fingerprint density at radius 2 is 2.10 bits per heavy atom. The van der Waals surface area contributed by atoms with Gasteiger partial charge in [0.15, 0.2) is 11.6 Å². The Morgan fingerprint density at radius 3 is 2.62 bits per heavy atom. The molecular weight excluding hydrogens is 284 g/mol. The third-order valence-electron chi connectivity index (χ3n) is 4.14. The molecule has 0 aromatic heterocycles. The van der Waals surface area contributed by atoms with E-state index in [1.165, 1.54) is 20.3 Å². The summed E-state index contributed by atoms with van der Waals surface area (Å²) in [5.41, 5.74) is -1.02. The Bertz CT molecular complexity index is 543. The molecule has 0 aromatic rings. The van der Waals surface area contributed by atoms with Crippen molar-refractivity contribution < 1.29 is 27.8 Å². The summed E-state index contributed by atoms with van der Waals surface area (Å²) in [6.07, 6.45) is 1.08. The maximum atomic E-state index is 14.0. The number of hydrogen-bond donors (Lipinski definition) is 1. The Morgan fingerprint density at radius 1 is 1.43 bits per heavy atom. The fraction of sp³-hybridized carbons (Fsp3) is 0.571. The van der Waals surface area contributed by atoms with E-state index in [9.17, 15) is 18.4 Å². The van der Waals surface area contributed by atoms with Crippen LogP contribution >= 0.6 is 0 Å². The van der Waals surface area contributed by atoms with Crippen molar-refractivity contribution in [1.29, 1.82) is 0 Å². The molecule has 2 rings (SSSR count). The maximum Gasteiger partial charge on any atom is 0.318 e. The number of ether oxygens (including phenoxy) is 2. The molecule has 1 N–H and O–H groups in total. The van der Waals surface area contributed by atoms with Crippen LogP contribution in [0.3, 0.4) is 0 Å². The van der Waals surface area contributed by atoms with E-state index >= 15 is 0 Å². The minimum Gasteiger partial charge on any atom is -0.491 e. The molecule has 2 aliphatic rings. The summed E-state index contributed by atoms with van der Waals surface area (Å²) < 4.78 is 37.3. The van der Waals surface area contributed by atoms with Gasteiger partial charge in [0.2, 0.25) is 5.91 Å². The van der Waals surface area contributed by atoms with Gasteiger partial charge in [0, 0.05) is 24.3 Å². The van der Waals surface area contributed by atoms with E-state index in [0.717, 1.165) is 0 Å². The molecule has 1 amide bonds. The first-order valence-electron chi connectivity index (χ1n) is 6.51. The summed E-state index contributed by atoms with van der Waals surface area (Å²) in [7, 11) is 2.36. The van der Waals surface area contributed by atoms with Crippen LogP contribution in [0, 0.1) is 17.3 Å². The van der Waals surface area contributed by atoms with Gasteiger partial charge in [-0.3, -0.25) is 9.59 Å². The van der Waals surface area contributed by atoms with E-state index in [2.05, 4.69) is 14.8 Å². The van der Waals surface area contributed by atoms with E-state index in [4.69, 9.17) is 0 Å². The summed E-state index contributed by atoms with van der Waals surface area (Å²) in [4.78, 5) is 23.6. The molecule has 1 heterocycles. The van der Waals surface area contributed by atoms with E-state index < -0.39 is 46.5 Å². The Balaban J connectivity index is 2.36. The lowest BCUT2D eigenvalue weighted by atomic mass is 9.68. The highest BCUT2D eigenvalue weighted by Gasteiger charge is 2.51. The van der Waals surface area contributed by atoms with Gasteiger partial charge in [0.25, 0.3) is 0 Å². The summed E-state index contributed by atoms with van der Waals surface area (Å²) in [5, 5.41) is 2.55. The molecule has 21 heavy (non-hydrogen) atoms. The lowest BCUT2D eigenvalue weighted by molar-refractivity contribution is -0.151. The van der Waals surface area contributed by atoms with Gasteiger partial charge in [-0.15, -0.1) is 0 Å². The van der Waals surface area contributed by atoms with Crippen molar-refractivity contribution in [1.82, 2.24) is 5.32 Å². The van der Waals surface area contributed by atoms with Crippen LogP contribution in [0.15, 0.2) is 23.5 Å². The predicted molar refractivity (Wildman–Crippen MR) is 69.1 cm³/mol. The summed E-state index contributed by atoms with van der Waals surface area (Å²) in [5.74, 6) is -4.84. The highest BCUT2D eigenvalue weighted by Crippen LogP contribution is 2.47. The molecule has 1 fully saturated rings. The molecule has 3 atom stereocenters. The van der Waals surface area contributed by atoms with Crippen molar-refractivity contribution in [3.63, 3.8) is 0 Å². The highest BCUT2D eigenvalue weighted by molar-refractivity contribution is 5.99. The zero-order chi connectivity index (χ0) is 15.8. The van der Waals surface area contributed by atoms with E-state index in [1.54, 1.807) is 6.92 Å². The first-order chi connectivity index (χ1) is 9.84. The van der Waals surface area contributed by atoms with Gasteiger partial charge in [-0.1, -0.05) is 6.92 Å². The molecular formula is C14H17F2NO4. The van der Waals surface area contributed by atoms with Gasteiger partial charge in [0.05, 0.1) is 14.2 Å². The molecule has 0 aromatic carbocycles. The quantitative estimate of drug-likeness (QED) is 0.635. The fourth-order valence-electron chi connectivity index (χ4n) is 3.03. The van der Waals surface area contributed by atoms with Crippen LogP contribution in [0.2, 0.25) is 0 Å². The molecule has 0 bridgehead atoms. The molecule has 116 valence electrons. The number of esters is 1. The number of methoxy groups -OCH3 is 2.